The first kappa shape index (κ1) is 21.0. The number of ether oxygens (including phenoxy) is 1. The monoisotopic (exact) mass is 398 g/mol. The van der Waals surface area contributed by atoms with E-state index in [1.807, 2.05) is 13.8 Å². The van der Waals surface area contributed by atoms with E-state index in [4.69, 9.17) is 9.84 Å². The van der Waals surface area contributed by atoms with Crippen LogP contribution in [0.2, 0.25) is 0 Å². The molecule has 1 fully saturated rings. The van der Waals surface area contributed by atoms with Crippen LogP contribution in [-0.4, -0.2) is 62.3 Å². The Morgan fingerprint density at radius 1 is 1.26 bits per heavy atom. The second-order valence-corrected chi connectivity index (χ2v) is 8.28. The summed E-state index contributed by atoms with van der Waals surface area (Å²) in [4.78, 5) is 24.4. The molecule has 3 rings (SSSR count). The third kappa shape index (κ3) is 4.91. The van der Waals surface area contributed by atoms with Gasteiger partial charge < -0.3 is 14.7 Å². The lowest BCUT2D eigenvalue weighted by molar-refractivity contribution is -0.141. The van der Waals surface area contributed by atoms with Gasteiger partial charge in [-0.15, -0.1) is 0 Å². The molecule has 2 heterocycles. The molecule has 1 aromatic rings. The fourth-order valence-electron chi connectivity index (χ4n) is 3.18. The Bertz CT molecular complexity index is 795. The number of hydrogen-bond donors (Lipinski definition) is 1. The maximum Gasteiger partial charge on any atom is 0.308 e. The molecule has 2 atom stereocenters. The van der Waals surface area contributed by atoms with Gasteiger partial charge in [0.25, 0.3) is 0 Å². The molecular formula is C18H26N2O6S. The molecule has 9 heteroatoms. The fourth-order valence-corrected chi connectivity index (χ4v) is 4.13. The number of benzene rings is 1. The van der Waals surface area contributed by atoms with Gasteiger partial charge in [0.15, 0.2) is 0 Å². The van der Waals surface area contributed by atoms with Crippen molar-refractivity contribution in [2.24, 2.45) is 5.92 Å². The summed E-state index contributed by atoms with van der Waals surface area (Å²) in [6.07, 6.45) is 1.19. The number of carbonyl (C=O) groups excluding carboxylic acids is 1. The Hall–Kier alpha value is -2.29. The van der Waals surface area contributed by atoms with Crippen LogP contribution in [0.5, 0.6) is 5.75 Å². The Kier molecular flexibility index (Phi) is 6.69. The maximum absolute atomic E-state index is 12.1. The van der Waals surface area contributed by atoms with Gasteiger partial charge >= 0.3 is 5.97 Å². The van der Waals surface area contributed by atoms with Gasteiger partial charge in [-0.3, -0.25) is 13.9 Å². The molecule has 1 N–H and O–H groups in total. The number of sulfonamides is 1. The molecule has 1 saturated heterocycles. The van der Waals surface area contributed by atoms with Crippen LogP contribution in [0.25, 0.3) is 0 Å². The van der Waals surface area contributed by atoms with E-state index >= 15 is 0 Å². The number of carboxylic acids is 1. The zero-order valence-electron chi connectivity index (χ0n) is 15.8. The SMILES string of the molecule is CC.CS(=O)(=O)N1CC(CCN2CC(C(=O)O)CC2=O)Oc2ccccc21. The van der Waals surface area contributed by atoms with Crippen molar-refractivity contribution in [2.45, 2.75) is 32.8 Å². The minimum Gasteiger partial charge on any atom is -0.486 e. The minimum atomic E-state index is -3.45. The van der Waals surface area contributed by atoms with Crippen LogP contribution in [0.4, 0.5) is 5.69 Å². The number of anilines is 1. The first-order valence-electron chi connectivity index (χ1n) is 8.99. The molecule has 150 valence electrons. The number of fused-ring (bicyclic) bond motifs is 1. The molecule has 2 aliphatic heterocycles. The highest BCUT2D eigenvalue weighted by molar-refractivity contribution is 7.92. The molecular weight excluding hydrogens is 372 g/mol. The number of hydrogen-bond acceptors (Lipinski definition) is 5. The molecule has 2 unspecified atom stereocenters. The highest BCUT2D eigenvalue weighted by Crippen LogP contribution is 2.35. The lowest BCUT2D eigenvalue weighted by atomic mass is 10.1. The quantitative estimate of drug-likeness (QED) is 0.807. The van der Waals surface area contributed by atoms with Crippen molar-refractivity contribution in [1.82, 2.24) is 4.90 Å². The van der Waals surface area contributed by atoms with Crippen LogP contribution in [0.1, 0.15) is 26.7 Å². The fraction of sp³-hybridized carbons (Fsp3) is 0.556. The summed E-state index contributed by atoms with van der Waals surface area (Å²) in [6.45, 7) is 4.69. The number of carboxylic acid groups (broad SMARTS) is 1. The summed E-state index contributed by atoms with van der Waals surface area (Å²) in [7, 11) is -3.45. The Morgan fingerprint density at radius 2 is 1.93 bits per heavy atom. The number of carbonyl (C=O) groups is 2. The molecule has 0 aliphatic carbocycles. The van der Waals surface area contributed by atoms with Crippen LogP contribution in [0, 0.1) is 5.92 Å². The molecule has 2 aliphatic rings. The van der Waals surface area contributed by atoms with Gasteiger partial charge in [-0.25, -0.2) is 8.42 Å². The van der Waals surface area contributed by atoms with Gasteiger partial charge in [-0.05, 0) is 12.1 Å². The summed E-state index contributed by atoms with van der Waals surface area (Å²) in [6, 6.07) is 6.91. The zero-order chi connectivity index (χ0) is 20.2. The van der Waals surface area contributed by atoms with Crippen molar-refractivity contribution in [2.75, 3.05) is 30.2 Å². The lowest BCUT2D eigenvalue weighted by Gasteiger charge is -2.35. The summed E-state index contributed by atoms with van der Waals surface area (Å²) in [5, 5.41) is 9.02. The molecule has 1 amide bonds. The van der Waals surface area contributed by atoms with Crippen molar-refractivity contribution in [3.63, 3.8) is 0 Å². The first-order valence-corrected chi connectivity index (χ1v) is 10.8. The van der Waals surface area contributed by atoms with Gasteiger partial charge in [0.2, 0.25) is 15.9 Å². The molecule has 1 aromatic carbocycles. The van der Waals surface area contributed by atoms with Crippen molar-refractivity contribution < 1.29 is 27.9 Å². The number of rotatable bonds is 5. The van der Waals surface area contributed by atoms with Crippen LogP contribution in [0.15, 0.2) is 24.3 Å². The molecule has 0 spiro atoms. The van der Waals surface area contributed by atoms with Crippen molar-refractivity contribution in [3.8, 4) is 5.75 Å². The van der Waals surface area contributed by atoms with Crippen molar-refractivity contribution in [3.05, 3.63) is 24.3 Å². The van der Waals surface area contributed by atoms with Gasteiger partial charge in [-0.1, -0.05) is 26.0 Å². The van der Waals surface area contributed by atoms with Crippen molar-refractivity contribution in [1.29, 1.82) is 0 Å². The highest BCUT2D eigenvalue weighted by atomic mass is 32.2. The van der Waals surface area contributed by atoms with Crippen molar-refractivity contribution >= 4 is 27.6 Å². The number of aliphatic carboxylic acids is 1. The van der Waals surface area contributed by atoms with Gasteiger partial charge in [0, 0.05) is 25.9 Å². The van der Waals surface area contributed by atoms with Gasteiger partial charge in [0.1, 0.15) is 11.9 Å². The number of likely N-dealkylation sites (tertiary alicyclic amines) is 1. The smallest absolute Gasteiger partial charge is 0.308 e. The second kappa shape index (κ2) is 8.60. The van der Waals surface area contributed by atoms with Crippen LogP contribution >= 0.6 is 0 Å². The van der Waals surface area contributed by atoms with E-state index in [-0.39, 0.29) is 25.4 Å². The topological polar surface area (TPSA) is 104 Å². The molecule has 8 nitrogen and oxygen atoms in total. The largest absolute Gasteiger partial charge is 0.486 e. The molecule has 0 radical (unpaired) electrons. The predicted molar refractivity (Wildman–Crippen MR) is 101 cm³/mol. The van der Waals surface area contributed by atoms with Crippen LogP contribution in [0.3, 0.4) is 0 Å². The molecule has 27 heavy (non-hydrogen) atoms. The Labute approximate surface area is 159 Å². The summed E-state index contributed by atoms with van der Waals surface area (Å²) in [5.41, 5.74) is 0.504. The predicted octanol–water partition coefficient (Wildman–Crippen LogP) is 1.56. The van der Waals surface area contributed by atoms with Gasteiger partial charge in [-0.2, -0.15) is 0 Å². The third-order valence-electron chi connectivity index (χ3n) is 4.48. The maximum atomic E-state index is 12.1. The summed E-state index contributed by atoms with van der Waals surface area (Å²) >= 11 is 0. The molecule has 0 aromatic heterocycles. The number of amides is 1. The third-order valence-corrected chi connectivity index (χ3v) is 5.63. The average Bonchev–Trinajstić information content (AvgIpc) is 3.01. The Balaban J connectivity index is 0.00000126. The van der Waals surface area contributed by atoms with E-state index in [1.165, 1.54) is 9.21 Å². The standard InChI is InChI=1S/C16H20N2O6S.C2H6/c1-25(22,23)18-10-12(24-14-5-3-2-4-13(14)18)6-7-17-9-11(16(20)21)8-15(17)19;1-2/h2-5,11-12H,6-10H2,1H3,(H,20,21);1-2H3. The van der Waals surface area contributed by atoms with Crippen LogP contribution < -0.4 is 9.04 Å². The zero-order valence-corrected chi connectivity index (χ0v) is 16.6. The summed E-state index contributed by atoms with van der Waals surface area (Å²) < 4.78 is 31.3. The summed E-state index contributed by atoms with van der Waals surface area (Å²) in [5.74, 6) is -1.35. The van der Waals surface area contributed by atoms with E-state index in [2.05, 4.69) is 0 Å². The molecule has 0 saturated carbocycles. The van der Waals surface area contributed by atoms with E-state index in [9.17, 15) is 18.0 Å². The van der Waals surface area contributed by atoms with E-state index in [0.29, 0.717) is 24.4 Å². The highest BCUT2D eigenvalue weighted by Gasteiger charge is 2.36. The minimum absolute atomic E-state index is 0.0131. The van der Waals surface area contributed by atoms with E-state index < -0.39 is 28.0 Å². The van der Waals surface area contributed by atoms with E-state index in [1.54, 1.807) is 24.3 Å². The van der Waals surface area contributed by atoms with Crippen LogP contribution in [-0.2, 0) is 19.6 Å². The number of nitrogens with zero attached hydrogens (tertiary/aromatic N) is 2. The van der Waals surface area contributed by atoms with E-state index in [0.717, 1.165) is 6.26 Å². The second-order valence-electron chi connectivity index (χ2n) is 6.37. The number of para-hydroxylation sites is 2. The molecule has 0 bridgehead atoms. The average molecular weight is 398 g/mol. The first-order chi connectivity index (χ1) is 12.8. The van der Waals surface area contributed by atoms with Gasteiger partial charge in [0.05, 0.1) is 24.4 Å². The normalized spacial score (nSPS) is 21.8. The Morgan fingerprint density at radius 3 is 2.52 bits per heavy atom. The lowest BCUT2D eigenvalue weighted by Crippen LogP contribution is -2.44.